The second-order valence-corrected chi connectivity index (χ2v) is 5.90. The van der Waals surface area contributed by atoms with E-state index in [1.165, 1.54) is 6.07 Å². The van der Waals surface area contributed by atoms with Gasteiger partial charge in [0.15, 0.2) is 11.5 Å². The van der Waals surface area contributed by atoms with Crippen LogP contribution in [0, 0.1) is 5.41 Å². The van der Waals surface area contributed by atoms with Gasteiger partial charge in [0.25, 0.3) is 0 Å². The Morgan fingerprint density at radius 3 is 2.43 bits per heavy atom. The zero-order chi connectivity index (χ0) is 15.8. The third kappa shape index (κ3) is 2.97. The van der Waals surface area contributed by atoms with Crippen LogP contribution in [0.15, 0.2) is 12.1 Å². The molecule has 4 nitrogen and oxygen atoms in total. The van der Waals surface area contributed by atoms with Crippen molar-refractivity contribution in [1.29, 1.82) is 0 Å². The number of rotatable bonds is 4. The summed E-state index contributed by atoms with van der Waals surface area (Å²) >= 11 is 0. The molecular formula is C14H20F3N3O. The Kier molecular flexibility index (Phi) is 4.15. The summed E-state index contributed by atoms with van der Waals surface area (Å²) in [5.74, 6) is 0.441. The summed E-state index contributed by atoms with van der Waals surface area (Å²) in [7, 11) is 1.83. The van der Waals surface area contributed by atoms with Crippen LogP contribution in [0.3, 0.4) is 0 Å². The van der Waals surface area contributed by atoms with Crippen molar-refractivity contribution in [1.82, 2.24) is 10.2 Å². The Balaban J connectivity index is 2.09. The second-order valence-electron chi connectivity index (χ2n) is 5.90. The average Bonchev–Trinajstić information content (AvgIpc) is 2.41. The van der Waals surface area contributed by atoms with Gasteiger partial charge in [0.1, 0.15) is 0 Å². The lowest BCUT2D eigenvalue weighted by atomic mass is 9.64. The molecule has 1 aromatic heterocycles. The quantitative estimate of drug-likeness (QED) is 0.856. The molecular weight excluding hydrogens is 283 g/mol. The molecule has 1 aromatic rings. The van der Waals surface area contributed by atoms with E-state index in [0.717, 1.165) is 12.5 Å². The van der Waals surface area contributed by atoms with Gasteiger partial charge in [-0.1, -0.05) is 13.8 Å². The maximum Gasteiger partial charge on any atom is 0.435 e. The summed E-state index contributed by atoms with van der Waals surface area (Å²) in [4.78, 5) is 1.88. The fourth-order valence-electron chi connectivity index (χ4n) is 2.83. The molecule has 0 spiro atoms. The minimum atomic E-state index is -4.46. The van der Waals surface area contributed by atoms with E-state index >= 15 is 0 Å². The highest BCUT2D eigenvalue weighted by Gasteiger charge is 2.51. The summed E-state index contributed by atoms with van der Waals surface area (Å²) in [5, 5.41) is 6.97. The predicted octanol–water partition coefficient (Wildman–Crippen LogP) is 3.14. The van der Waals surface area contributed by atoms with Gasteiger partial charge in [-0.15, -0.1) is 10.2 Å². The van der Waals surface area contributed by atoms with E-state index in [0.29, 0.717) is 12.4 Å². The molecule has 2 atom stereocenters. The molecule has 0 saturated heterocycles. The molecule has 2 rings (SSSR count). The van der Waals surface area contributed by atoms with Gasteiger partial charge in [-0.05, 0) is 25.5 Å². The van der Waals surface area contributed by atoms with Crippen LogP contribution in [-0.4, -0.2) is 36.0 Å². The van der Waals surface area contributed by atoms with E-state index in [1.807, 2.05) is 18.9 Å². The van der Waals surface area contributed by atoms with E-state index < -0.39 is 11.9 Å². The Hall–Kier alpha value is -1.37. The second kappa shape index (κ2) is 5.44. The molecule has 0 amide bonds. The summed E-state index contributed by atoms with van der Waals surface area (Å²) in [6.07, 6.45) is -3.46. The highest BCUT2D eigenvalue weighted by Crippen LogP contribution is 2.46. The summed E-state index contributed by atoms with van der Waals surface area (Å²) in [6, 6.07) is 2.49. The standard InChI is InChI=1S/C14H20F3N3O/c1-5-21-11-8-10(13(11,2)3)20(4)12-7-6-9(18-19-12)14(15,16)17/h6-7,10-11H,5,8H2,1-4H3/t10-,11+/m1/s1. The lowest BCUT2D eigenvalue weighted by Gasteiger charge is -2.55. The lowest BCUT2D eigenvalue weighted by Crippen LogP contribution is -2.61. The van der Waals surface area contributed by atoms with Crippen molar-refractivity contribution in [2.75, 3.05) is 18.6 Å². The third-order valence-electron chi connectivity index (χ3n) is 4.26. The van der Waals surface area contributed by atoms with E-state index in [2.05, 4.69) is 24.0 Å². The van der Waals surface area contributed by atoms with Crippen LogP contribution in [0.2, 0.25) is 0 Å². The first kappa shape index (κ1) is 16.0. The molecule has 1 aliphatic rings. The van der Waals surface area contributed by atoms with Gasteiger partial charge in [-0.2, -0.15) is 13.2 Å². The molecule has 0 unspecified atom stereocenters. The highest BCUT2D eigenvalue weighted by molar-refractivity contribution is 5.40. The highest BCUT2D eigenvalue weighted by atomic mass is 19.4. The topological polar surface area (TPSA) is 38.2 Å². The number of anilines is 1. The first-order valence-electron chi connectivity index (χ1n) is 6.93. The first-order chi connectivity index (χ1) is 9.67. The number of ether oxygens (including phenoxy) is 1. The van der Waals surface area contributed by atoms with Crippen molar-refractivity contribution in [3.05, 3.63) is 17.8 Å². The molecule has 7 heteroatoms. The van der Waals surface area contributed by atoms with Gasteiger partial charge >= 0.3 is 6.18 Å². The number of halogens is 3. The van der Waals surface area contributed by atoms with E-state index in [4.69, 9.17) is 4.74 Å². The molecule has 0 N–H and O–H groups in total. The van der Waals surface area contributed by atoms with Crippen LogP contribution in [0.4, 0.5) is 19.0 Å². The van der Waals surface area contributed by atoms with Crippen LogP contribution in [-0.2, 0) is 10.9 Å². The molecule has 118 valence electrons. The molecule has 0 radical (unpaired) electrons. The molecule has 1 aliphatic carbocycles. The molecule has 1 fully saturated rings. The predicted molar refractivity (Wildman–Crippen MR) is 73.0 cm³/mol. The Bertz CT molecular complexity index is 487. The monoisotopic (exact) mass is 303 g/mol. The van der Waals surface area contributed by atoms with E-state index in [-0.39, 0.29) is 17.6 Å². The minimum absolute atomic E-state index is 0.0743. The van der Waals surface area contributed by atoms with Crippen molar-refractivity contribution in [2.24, 2.45) is 5.41 Å². The normalized spacial score (nSPS) is 24.5. The van der Waals surface area contributed by atoms with E-state index in [9.17, 15) is 13.2 Å². The third-order valence-corrected chi connectivity index (χ3v) is 4.26. The van der Waals surface area contributed by atoms with Crippen molar-refractivity contribution in [3.8, 4) is 0 Å². The molecule has 1 saturated carbocycles. The van der Waals surface area contributed by atoms with Crippen LogP contribution in [0.25, 0.3) is 0 Å². The van der Waals surface area contributed by atoms with Gasteiger partial charge in [0, 0.05) is 25.1 Å². The van der Waals surface area contributed by atoms with Gasteiger partial charge in [0.05, 0.1) is 6.10 Å². The van der Waals surface area contributed by atoms with Crippen LogP contribution in [0.5, 0.6) is 0 Å². The van der Waals surface area contributed by atoms with Crippen molar-refractivity contribution >= 4 is 5.82 Å². The zero-order valence-electron chi connectivity index (χ0n) is 12.6. The lowest BCUT2D eigenvalue weighted by molar-refractivity contribution is -0.141. The minimum Gasteiger partial charge on any atom is -0.378 e. The maximum atomic E-state index is 12.5. The van der Waals surface area contributed by atoms with Gasteiger partial charge in [-0.25, -0.2) is 0 Å². The summed E-state index contributed by atoms with van der Waals surface area (Å²) in [6.45, 7) is 6.80. The fraction of sp³-hybridized carbons (Fsp3) is 0.714. The maximum absolute atomic E-state index is 12.5. The van der Waals surface area contributed by atoms with Crippen LogP contribution < -0.4 is 4.90 Å². The van der Waals surface area contributed by atoms with Crippen molar-refractivity contribution < 1.29 is 17.9 Å². The van der Waals surface area contributed by atoms with Crippen molar-refractivity contribution in [3.63, 3.8) is 0 Å². The average molecular weight is 303 g/mol. The largest absolute Gasteiger partial charge is 0.435 e. The molecule has 21 heavy (non-hydrogen) atoms. The molecule has 0 aliphatic heterocycles. The number of hydrogen-bond acceptors (Lipinski definition) is 4. The molecule has 0 aromatic carbocycles. The Morgan fingerprint density at radius 2 is 2.00 bits per heavy atom. The first-order valence-corrected chi connectivity index (χ1v) is 6.93. The number of aromatic nitrogens is 2. The summed E-state index contributed by atoms with van der Waals surface area (Å²) < 4.78 is 43.1. The molecule has 1 heterocycles. The van der Waals surface area contributed by atoms with Gasteiger partial charge in [-0.3, -0.25) is 0 Å². The van der Waals surface area contributed by atoms with Crippen LogP contribution in [0.1, 0.15) is 32.9 Å². The number of alkyl halides is 3. The van der Waals surface area contributed by atoms with Crippen molar-refractivity contribution in [2.45, 2.75) is 45.5 Å². The number of nitrogens with zero attached hydrogens (tertiary/aromatic N) is 3. The SMILES string of the molecule is CCO[C@H]1C[C@@H](N(C)c2ccc(C(F)(F)F)nn2)C1(C)C. The molecule has 0 bridgehead atoms. The Labute approximate surface area is 122 Å². The van der Waals surface area contributed by atoms with Crippen LogP contribution >= 0.6 is 0 Å². The smallest absolute Gasteiger partial charge is 0.378 e. The van der Waals surface area contributed by atoms with Gasteiger partial charge < -0.3 is 9.64 Å². The van der Waals surface area contributed by atoms with E-state index in [1.54, 1.807) is 0 Å². The van der Waals surface area contributed by atoms with Gasteiger partial charge in [0.2, 0.25) is 0 Å². The zero-order valence-corrected chi connectivity index (χ0v) is 12.6. The Morgan fingerprint density at radius 1 is 1.33 bits per heavy atom. The summed E-state index contributed by atoms with van der Waals surface area (Å²) in [5.41, 5.74) is -1.05. The fourth-order valence-corrected chi connectivity index (χ4v) is 2.83. The number of hydrogen-bond donors (Lipinski definition) is 0.